The van der Waals surface area contributed by atoms with Crippen LogP contribution in [0.3, 0.4) is 0 Å². The third-order valence-corrected chi connectivity index (χ3v) is 7.15. The van der Waals surface area contributed by atoms with E-state index in [-0.39, 0.29) is 33.8 Å². The molecule has 0 aliphatic carbocycles. The lowest BCUT2D eigenvalue weighted by atomic mass is 10.2. The molecule has 0 fully saturated rings. The lowest BCUT2D eigenvalue weighted by Gasteiger charge is -2.19. The van der Waals surface area contributed by atoms with E-state index in [1.165, 1.54) is 22.5 Å². The second-order valence-corrected chi connectivity index (χ2v) is 9.21. The van der Waals surface area contributed by atoms with Gasteiger partial charge in [0.1, 0.15) is 5.75 Å². The van der Waals surface area contributed by atoms with E-state index in [4.69, 9.17) is 16.3 Å². The smallest absolute Gasteiger partial charge is 0.251 e. The summed E-state index contributed by atoms with van der Waals surface area (Å²) in [5, 5.41) is 5.64. The average Bonchev–Trinajstić information content (AvgIpc) is 2.78. The third-order valence-electron chi connectivity index (χ3n) is 4.77. The molecule has 0 saturated carbocycles. The van der Waals surface area contributed by atoms with Crippen LogP contribution in [0.25, 0.3) is 0 Å². The third kappa shape index (κ3) is 6.69. The summed E-state index contributed by atoms with van der Waals surface area (Å²) in [5.41, 5.74) is 0.723. The highest BCUT2D eigenvalue weighted by Crippen LogP contribution is 2.27. The van der Waals surface area contributed by atoms with Gasteiger partial charge in [-0.1, -0.05) is 25.4 Å². The van der Waals surface area contributed by atoms with Crippen molar-refractivity contribution in [1.82, 2.24) is 9.62 Å². The van der Waals surface area contributed by atoms with Crippen molar-refractivity contribution in [2.24, 2.45) is 0 Å². The van der Waals surface area contributed by atoms with Crippen LogP contribution in [-0.4, -0.2) is 51.3 Å². The fourth-order valence-electron chi connectivity index (χ4n) is 2.98. The maximum Gasteiger partial charge on any atom is 0.251 e. The maximum atomic E-state index is 12.7. The lowest BCUT2D eigenvalue weighted by molar-refractivity contribution is -0.116. The van der Waals surface area contributed by atoms with Crippen molar-refractivity contribution >= 4 is 39.1 Å². The molecule has 2 aromatic rings. The van der Waals surface area contributed by atoms with Crippen LogP contribution in [0.2, 0.25) is 5.02 Å². The Morgan fingerprint density at radius 1 is 1.06 bits per heavy atom. The largest absolute Gasteiger partial charge is 0.497 e. The average molecular weight is 482 g/mol. The van der Waals surface area contributed by atoms with Gasteiger partial charge in [-0.3, -0.25) is 9.59 Å². The second-order valence-electron chi connectivity index (χ2n) is 6.87. The Kier molecular flexibility index (Phi) is 9.49. The second kappa shape index (κ2) is 11.8. The van der Waals surface area contributed by atoms with Gasteiger partial charge >= 0.3 is 0 Å². The Balaban J connectivity index is 1.90. The van der Waals surface area contributed by atoms with Crippen LogP contribution in [0.15, 0.2) is 47.4 Å². The van der Waals surface area contributed by atoms with Crippen molar-refractivity contribution in [3.63, 3.8) is 0 Å². The number of carbonyl (C=O) groups is 2. The molecule has 2 aromatic carbocycles. The van der Waals surface area contributed by atoms with Crippen LogP contribution in [0, 0.1) is 0 Å². The summed E-state index contributed by atoms with van der Waals surface area (Å²) in [6, 6.07) is 10.9. The Labute approximate surface area is 193 Å². The van der Waals surface area contributed by atoms with E-state index in [0.717, 1.165) is 0 Å². The van der Waals surface area contributed by atoms with Crippen LogP contribution in [0.5, 0.6) is 5.75 Å². The molecule has 2 rings (SSSR count). The fourth-order valence-corrected chi connectivity index (χ4v) is 4.63. The normalized spacial score (nSPS) is 11.3. The molecule has 0 radical (unpaired) electrons. The van der Waals surface area contributed by atoms with E-state index in [1.54, 1.807) is 45.2 Å². The summed E-state index contributed by atoms with van der Waals surface area (Å²) < 4.78 is 31.8. The van der Waals surface area contributed by atoms with Gasteiger partial charge in [0.2, 0.25) is 15.9 Å². The fraction of sp³-hybridized carbons (Fsp3) is 0.364. The predicted molar refractivity (Wildman–Crippen MR) is 125 cm³/mol. The molecule has 0 spiro atoms. The van der Waals surface area contributed by atoms with E-state index < -0.39 is 10.0 Å². The first-order chi connectivity index (χ1) is 15.2. The van der Waals surface area contributed by atoms with Crippen molar-refractivity contribution < 1.29 is 22.7 Å². The zero-order valence-corrected chi connectivity index (χ0v) is 19.9. The quantitative estimate of drug-likeness (QED) is 0.478. The SMILES string of the molecule is CCN(CC)S(=O)(=O)c1ccc(Cl)c(NC(=O)CCCNC(=O)c2ccc(OC)cc2)c1. The number of ether oxygens (including phenoxy) is 1. The van der Waals surface area contributed by atoms with Crippen LogP contribution < -0.4 is 15.4 Å². The Morgan fingerprint density at radius 2 is 1.72 bits per heavy atom. The summed E-state index contributed by atoms with van der Waals surface area (Å²) in [5.74, 6) is 0.0826. The van der Waals surface area contributed by atoms with Gasteiger partial charge in [0.05, 0.1) is 22.7 Å². The number of nitrogens with one attached hydrogen (secondary N) is 2. The number of amides is 2. The number of nitrogens with zero attached hydrogens (tertiary/aromatic N) is 1. The first-order valence-electron chi connectivity index (χ1n) is 10.2. The molecule has 0 heterocycles. The zero-order chi connectivity index (χ0) is 23.7. The van der Waals surface area contributed by atoms with Crippen molar-refractivity contribution in [2.45, 2.75) is 31.6 Å². The topological polar surface area (TPSA) is 105 Å². The van der Waals surface area contributed by atoms with Gasteiger partial charge in [0.15, 0.2) is 0 Å². The first-order valence-corrected chi connectivity index (χ1v) is 12.1. The van der Waals surface area contributed by atoms with Gasteiger partial charge in [-0.25, -0.2) is 8.42 Å². The Morgan fingerprint density at radius 3 is 2.31 bits per heavy atom. The number of methoxy groups -OCH3 is 1. The van der Waals surface area contributed by atoms with Crippen LogP contribution in [0.4, 0.5) is 5.69 Å². The summed E-state index contributed by atoms with van der Waals surface area (Å²) in [7, 11) is -2.12. The molecule has 2 amide bonds. The Hall–Kier alpha value is -2.62. The van der Waals surface area contributed by atoms with Crippen molar-refractivity contribution in [2.75, 3.05) is 32.1 Å². The van der Waals surface area contributed by atoms with E-state index in [9.17, 15) is 18.0 Å². The van der Waals surface area contributed by atoms with Gasteiger partial charge < -0.3 is 15.4 Å². The van der Waals surface area contributed by atoms with Gasteiger partial charge in [-0.05, 0) is 48.9 Å². The minimum absolute atomic E-state index is 0.0626. The highest BCUT2D eigenvalue weighted by molar-refractivity contribution is 7.89. The summed E-state index contributed by atoms with van der Waals surface area (Å²) >= 11 is 6.14. The molecule has 174 valence electrons. The molecule has 0 aliphatic heterocycles. The number of hydrogen-bond acceptors (Lipinski definition) is 5. The van der Waals surface area contributed by atoms with Crippen molar-refractivity contribution in [3.8, 4) is 5.75 Å². The van der Waals surface area contributed by atoms with E-state index >= 15 is 0 Å². The van der Waals surface area contributed by atoms with Crippen LogP contribution in [-0.2, 0) is 14.8 Å². The molecule has 0 atom stereocenters. The van der Waals surface area contributed by atoms with Crippen molar-refractivity contribution in [3.05, 3.63) is 53.1 Å². The van der Waals surface area contributed by atoms with Crippen molar-refractivity contribution in [1.29, 1.82) is 0 Å². The summed E-state index contributed by atoms with van der Waals surface area (Å²) in [4.78, 5) is 24.5. The Bertz CT molecular complexity index is 1040. The summed E-state index contributed by atoms with van der Waals surface area (Å²) in [6.45, 7) is 4.50. The van der Waals surface area contributed by atoms with Crippen LogP contribution in [0.1, 0.15) is 37.0 Å². The minimum atomic E-state index is -3.67. The van der Waals surface area contributed by atoms with E-state index in [0.29, 0.717) is 37.4 Å². The summed E-state index contributed by atoms with van der Waals surface area (Å²) in [6.07, 6.45) is 0.537. The molecule has 32 heavy (non-hydrogen) atoms. The molecule has 0 bridgehead atoms. The minimum Gasteiger partial charge on any atom is -0.497 e. The molecule has 0 aliphatic rings. The van der Waals surface area contributed by atoms with E-state index in [1.807, 2.05) is 0 Å². The monoisotopic (exact) mass is 481 g/mol. The highest BCUT2D eigenvalue weighted by Gasteiger charge is 2.22. The molecule has 8 nitrogen and oxygen atoms in total. The number of hydrogen-bond donors (Lipinski definition) is 2. The van der Waals surface area contributed by atoms with Gasteiger partial charge in [0.25, 0.3) is 5.91 Å². The molecule has 2 N–H and O–H groups in total. The molecule has 0 saturated heterocycles. The zero-order valence-electron chi connectivity index (χ0n) is 18.4. The number of sulfonamides is 1. The van der Waals surface area contributed by atoms with Gasteiger partial charge in [-0.15, -0.1) is 0 Å². The number of halogens is 1. The number of anilines is 1. The van der Waals surface area contributed by atoms with Gasteiger partial charge in [0, 0.05) is 31.6 Å². The first kappa shape index (κ1) is 25.6. The van der Waals surface area contributed by atoms with E-state index in [2.05, 4.69) is 10.6 Å². The van der Waals surface area contributed by atoms with Crippen LogP contribution >= 0.6 is 11.6 Å². The highest BCUT2D eigenvalue weighted by atomic mass is 35.5. The maximum absolute atomic E-state index is 12.7. The predicted octanol–water partition coefficient (Wildman–Crippen LogP) is 3.53. The molecule has 0 aromatic heterocycles. The molecular weight excluding hydrogens is 454 g/mol. The molecular formula is C22H28ClN3O5S. The number of rotatable bonds is 11. The lowest BCUT2D eigenvalue weighted by Crippen LogP contribution is -2.30. The van der Waals surface area contributed by atoms with Gasteiger partial charge in [-0.2, -0.15) is 4.31 Å². The number of carbonyl (C=O) groups excluding carboxylic acids is 2. The molecule has 10 heteroatoms. The standard InChI is InChI=1S/C22H28ClN3O5S/c1-4-26(5-2)32(29,30)18-12-13-19(23)20(15-18)25-21(27)7-6-14-24-22(28)16-8-10-17(31-3)11-9-16/h8-13,15H,4-7,14H2,1-3H3,(H,24,28)(H,25,27). The molecule has 0 unspecified atom stereocenters. The number of benzene rings is 2.